The van der Waals surface area contributed by atoms with Crippen LogP contribution in [0.3, 0.4) is 0 Å². The van der Waals surface area contributed by atoms with E-state index in [0.717, 1.165) is 13.0 Å². The smallest absolute Gasteiger partial charge is 0.159 e. The first-order chi connectivity index (χ1) is 16.1. The van der Waals surface area contributed by atoms with Crippen LogP contribution in [0.1, 0.15) is 96.8 Å². The van der Waals surface area contributed by atoms with Crippen molar-refractivity contribution in [1.29, 1.82) is 0 Å². The third-order valence-corrected chi connectivity index (χ3v) is 6.73. The number of hydrogen-bond donors (Lipinski definition) is 3. The first-order valence-corrected chi connectivity index (χ1v) is 13.4. The number of halogens is 2. The highest BCUT2D eigenvalue weighted by atomic mass is 35.5. The van der Waals surface area contributed by atoms with Crippen molar-refractivity contribution < 1.29 is 0 Å². The van der Waals surface area contributed by atoms with Gasteiger partial charge in [-0.2, -0.15) is 0 Å². The standard InChI is InChI=1S/C26H41Cl2N5/c1-2-3-4-5-6-7-8-9-10-11-12-13-14-15-19-30-25-24(29)26(32-20-31-25)33-22-18-16-17-21(27)23(22)28/h16-18,20H,2-15,19,29H2,1H3,(H2,30,31,32,33). The van der Waals surface area contributed by atoms with Crippen molar-refractivity contribution >= 4 is 46.2 Å². The molecule has 2 rings (SSSR count). The fourth-order valence-electron chi connectivity index (χ4n) is 3.89. The summed E-state index contributed by atoms with van der Waals surface area (Å²) in [5, 5.41) is 7.39. The molecule has 1 heterocycles. The Morgan fingerprint density at radius 1 is 0.758 bits per heavy atom. The topological polar surface area (TPSA) is 75.9 Å². The molecule has 0 aliphatic rings. The summed E-state index contributed by atoms with van der Waals surface area (Å²) in [5.41, 5.74) is 7.38. The molecule has 0 bridgehead atoms. The van der Waals surface area contributed by atoms with Gasteiger partial charge in [0.15, 0.2) is 11.6 Å². The van der Waals surface area contributed by atoms with Crippen molar-refractivity contribution in [2.24, 2.45) is 0 Å². The number of hydrogen-bond acceptors (Lipinski definition) is 5. The summed E-state index contributed by atoms with van der Waals surface area (Å²) in [4.78, 5) is 8.52. The SMILES string of the molecule is CCCCCCCCCCCCCCCCNc1ncnc(Nc2cccc(Cl)c2Cl)c1N. The Hall–Kier alpha value is -1.72. The molecule has 0 saturated heterocycles. The lowest BCUT2D eigenvalue weighted by Crippen LogP contribution is -2.09. The highest BCUT2D eigenvalue weighted by molar-refractivity contribution is 6.43. The molecule has 4 N–H and O–H groups in total. The maximum absolute atomic E-state index is 6.25. The molecule has 33 heavy (non-hydrogen) atoms. The van der Waals surface area contributed by atoms with Crippen molar-refractivity contribution in [2.45, 2.75) is 96.8 Å². The molecular formula is C26H41Cl2N5. The first-order valence-electron chi connectivity index (χ1n) is 12.7. The summed E-state index contributed by atoms with van der Waals surface area (Å²) in [6.45, 7) is 3.12. The van der Waals surface area contributed by atoms with E-state index in [0.29, 0.717) is 33.1 Å². The van der Waals surface area contributed by atoms with E-state index >= 15 is 0 Å². The Labute approximate surface area is 210 Å². The second kappa shape index (κ2) is 16.8. The molecule has 184 valence electrons. The lowest BCUT2D eigenvalue weighted by Gasteiger charge is -2.13. The average molecular weight is 495 g/mol. The van der Waals surface area contributed by atoms with E-state index in [4.69, 9.17) is 28.9 Å². The van der Waals surface area contributed by atoms with Gasteiger partial charge in [0.05, 0.1) is 15.7 Å². The molecule has 1 aromatic carbocycles. The van der Waals surface area contributed by atoms with Gasteiger partial charge in [-0.15, -0.1) is 0 Å². The van der Waals surface area contributed by atoms with Gasteiger partial charge in [-0.1, -0.05) is 120 Å². The van der Waals surface area contributed by atoms with E-state index in [9.17, 15) is 0 Å². The third-order valence-electron chi connectivity index (χ3n) is 5.91. The number of nitrogens with one attached hydrogen (secondary N) is 2. The fraction of sp³-hybridized carbons (Fsp3) is 0.615. The fourth-order valence-corrected chi connectivity index (χ4v) is 4.24. The van der Waals surface area contributed by atoms with Crippen LogP contribution in [0.2, 0.25) is 10.0 Å². The van der Waals surface area contributed by atoms with E-state index in [2.05, 4.69) is 27.5 Å². The summed E-state index contributed by atoms with van der Waals surface area (Å²) < 4.78 is 0. The van der Waals surface area contributed by atoms with Gasteiger partial charge in [-0.3, -0.25) is 0 Å². The predicted octanol–water partition coefficient (Wildman–Crippen LogP) is 9.00. The maximum atomic E-state index is 6.25. The van der Waals surface area contributed by atoms with Gasteiger partial charge in [-0.05, 0) is 18.6 Å². The minimum atomic E-state index is 0.439. The zero-order valence-electron chi connectivity index (χ0n) is 20.1. The van der Waals surface area contributed by atoms with E-state index in [1.54, 1.807) is 6.07 Å². The van der Waals surface area contributed by atoms with Gasteiger partial charge in [0.25, 0.3) is 0 Å². The molecule has 1 aromatic heterocycles. The van der Waals surface area contributed by atoms with Crippen molar-refractivity contribution in [3.8, 4) is 0 Å². The Bertz CT molecular complexity index is 800. The van der Waals surface area contributed by atoms with Crippen molar-refractivity contribution in [2.75, 3.05) is 22.9 Å². The third kappa shape index (κ3) is 10.8. The molecule has 7 heteroatoms. The first kappa shape index (κ1) is 27.5. The van der Waals surface area contributed by atoms with E-state index in [-0.39, 0.29) is 0 Å². The number of benzene rings is 1. The Kier molecular flexibility index (Phi) is 14.0. The zero-order chi connectivity index (χ0) is 23.7. The van der Waals surface area contributed by atoms with Crippen molar-refractivity contribution in [1.82, 2.24) is 9.97 Å². The summed E-state index contributed by atoms with van der Waals surface area (Å²) in [6.07, 6.45) is 20.4. The molecule has 0 spiro atoms. The second-order valence-corrected chi connectivity index (χ2v) is 9.52. The number of rotatable bonds is 18. The molecule has 2 aromatic rings. The monoisotopic (exact) mass is 493 g/mol. The van der Waals surface area contributed by atoms with Gasteiger partial charge in [0, 0.05) is 6.54 Å². The van der Waals surface area contributed by atoms with E-state index in [1.807, 2.05) is 12.1 Å². The summed E-state index contributed by atoms with van der Waals surface area (Å²) in [7, 11) is 0. The molecule has 0 saturated carbocycles. The van der Waals surface area contributed by atoms with Crippen LogP contribution in [-0.2, 0) is 0 Å². The number of anilines is 4. The number of nitrogens with two attached hydrogens (primary N) is 1. The van der Waals surface area contributed by atoms with Crippen LogP contribution >= 0.6 is 23.2 Å². The van der Waals surface area contributed by atoms with Crippen LogP contribution in [0.5, 0.6) is 0 Å². The van der Waals surface area contributed by atoms with E-state index in [1.165, 1.54) is 89.8 Å². The van der Waals surface area contributed by atoms with Gasteiger partial charge in [0.2, 0.25) is 0 Å². The molecule has 0 aliphatic heterocycles. The maximum Gasteiger partial charge on any atom is 0.159 e. The number of aromatic nitrogens is 2. The zero-order valence-corrected chi connectivity index (χ0v) is 21.7. The molecule has 5 nitrogen and oxygen atoms in total. The van der Waals surface area contributed by atoms with Gasteiger partial charge in [0.1, 0.15) is 12.0 Å². The lowest BCUT2D eigenvalue weighted by molar-refractivity contribution is 0.537. The average Bonchev–Trinajstić information content (AvgIpc) is 2.81. The van der Waals surface area contributed by atoms with Gasteiger partial charge >= 0.3 is 0 Å². The van der Waals surface area contributed by atoms with Crippen LogP contribution in [0, 0.1) is 0 Å². The number of nitrogens with zero attached hydrogens (tertiary/aromatic N) is 2. The summed E-state index contributed by atoms with van der Waals surface area (Å²) >= 11 is 12.3. The lowest BCUT2D eigenvalue weighted by atomic mass is 10.0. The summed E-state index contributed by atoms with van der Waals surface area (Å²) in [6, 6.07) is 5.39. The largest absolute Gasteiger partial charge is 0.393 e. The molecular weight excluding hydrogens is 453 g/mol. The van der Waals surface area contributed by atoms with E-state index < -0.39 is 0 Å². The van der Waals surface area contributed by atoms with Crippen LogP contribution < -0.4 is 16.4 Å². The molecule has 0 aliphatic carbocycles. The van der Waals surface area contributed by atoms with Crippen LogP contribution in [-0.4, -0.2) is 16.5 Å². The van der Waals surface area contributed by atoms with Crippen molar-refractivity contribution in [3.63, 3.8) is 0 Å². The predicted molar refractivity (Wildman–Crippen MR) is 145 cm³/mol. The Morgan fingerprint density at radius 2 is 1.30 bits per heavy atom. The van der Waals surface area contributed by atoms with Crippen LogP contribution in [0.15, 0.2) is 24.5 Å². The quantitative estimate of drug-likeness (QED) is 0.180. The molecule has 0 amide bonds. The normalized spacial score (nSPS) is 11.0. The minimum absolute atomic E-state index is 0.439. The number of unbranched alkanes of at least 4 members (excludes halogenated alkanes) is 13. The summed E-state index contributed by atoms with van der Waals surface area (Å²) in [5.74, 6) is 1.15. The van der Waals surface area contributed by atoms with Crippen LogP contribution in [0.4, 0.5) is 23.0 Å². The highest BCUT2D eigenvalue weighted by Gasteiger charge is 2.11. The van der Waals surface area contributed by atoms with Crippen LogP contribution in [0.25, 0.3) is 0 Å². The highest BCUT2D eigenvalue weighted by Crippen LogP contribution is 2.33. The second-order valence-electron chi connectivity index (χ2n) is 8.73. The van der Waals surface area contributed by atoms with Crippen molar-refractivity contribution in [3.05, 3.63) is 34.6 Å². The Balaban J connectivity index is 1.55. The van der Waals surface area contributed by atoms with Gasteiger partial charge in [-0.25, -0.2) is 9.97 Å². The molecule has 0 atom stereocenters. The Morgan fingerprint density at radius 3 is 1.91 bits per heavy atom. The molecule has 0 radical (unpaired) electrons. The van der Waals surface area contributed by atoms with Gasteiger partial charge < -0.3 is 16.4 Å². The molecule has 0 fully saturated rings. The minimum Gasteiger partial charge on any atom is -0.393 e. The molecule has 0 unspecified atom stereocenters. The number of nitrogen functional groups attached to an aromatic ring is 1.